The fourth-order valence-electron chi connectivity index (χ4n) is 7.04. The molecule has 9 heteroatoms. The van der Waals surface area contributed by atoms with Gasteiger partial charge in [-0.25, -0.2) is 0 Å². The second-order valence-corrected chi connectivity index (χ2v) is 12.6. The molecule has 3 saturated heterocycles. The van der Waals surface area contributed by atoms with Gasteiger partial charge in [0.25, 0.3) is 5.91 Å². The number of amides is 3. The molecule has 6 atom stereocenters. The van der Waals surface area contributed by atoms with Gasteiger partial charge < -0.3 is 24.5 Å². The zero-order valence-corrected chi connectivity index (χ0v) is 25.7. The molecular weight excluding hydrogens is 598 g/mol. The van der Waals surface area contributed by atoms with Crippen molar-refractivity contribution in [3.63, 3.8) is 0 Å². The van der Waals surface area contributed by atoms with Crippen LogP contribution in [0.25, 0.3) is 0 Å². The summed E-state index contributed by atoms with van der Waals surface area (Å²) in [7, 11) is 0. The van der Waals surface area contributed by atoms with Crippen LogP contribution in [0.5, 0.6) is 0 Å². The summed E-state index contributed by atoms with van der Waals surface area (Å²) in [6.07, 6.45) is 3.15. The summed E-state index contributed by atoms with van der Waals surface area (Å²) in [5, 5.41) is 9.99. The number of aryl methyl sites for hydroxylation is 2. The first-order chi connectivity index (χ1) is 20.2. The van der Waals surface area contributed by atoms with Crippen LogP contribution in [0.2, 0.25) is 0 Å². The van der Waals surface area contributed by atoms with E-state index < -0.39 is 29.6 Å². The number of anilines is 1. The molecule has 3 heterocycles. The number of nitrogens with zero attached hydrogens (tertiary/aromatic N) is 3. The van der Waals surface area contributed by atoms with Crippen molar-refractivity contribution in [2.45, 2.75) is 49.4 Å². The summed E-state index contributed by atoms with van der Waals surface area (Å²) in [6, 6.07) is 14.6. The minimum atomic E-state index is -1.22. The third-order valence-corrected chi connectivity index (χ3v) is 9.60. The van der Waals surface area contributed by atoms with Crippen molar-refractivity contribution in [3.8, 4) is 0 Å². The van der Waals surface area contributed by atoms with Crippen LogP contribution < -0.4 is 4.90 Å². The van der Waals surface area contributed by atoms with Crippen LogP contribution in [0.15, 0.2) is 73.8 Å². The number of β-amino-alcohol motifs (C(OH)–C–C–N with tert-alkyl or cyclic N) is 1. The van der Waals surface area contributed by atoms with E-state index in [0.717, 1.165) is 22.4 Å². The molecule has 2 bridgehead atoms. The quantitative estimate of drug-likeness (QED) is 0.300. The number of hydrogen-bond donors (Lipinski definition) is 1. The highest BCUT2D eigenvalue weighted by atomic mass is 79.9. The molecule has 0 aliphatic carbocycles. The van der Waals surface area contributed by atoms with Crippen molar-refractivity contribution < 1.29 is 24.2 Å². The van der Waals surface area contributed by atoms with Crippen molar-refractivity contribution in [1.82, 2.24) is 9.80 Å². The van der Waals surface area contributed by atoms with Gasteiger partial charge in [0, 0.05) is 36.7 Å². The molecule has 0 aromatic heterocycles. The topological polar surface area (TPSA) is 90.4 Å². The number of ether oxygens (including phenoxy) is 1. The average Bonchev–Trinajstić information content (AvgIpc) is 3.56. The van der Waals surface area contributed by atoms with Crippen molar-refractivity contribution in [1.29, 1.82) is 0 Å². The molecule has 0 saturated carbocycles. The number of benzene rings is 2. The highest BCUT2D eigenvalue weighted by Crippen LogP contribution is 2.60. The van der Waals surface area contributed by atoms with Crippen molar-refractivity contribution in [2.24, 2.45) is 11.8 Å². The van der Waals surface area contributed by atoms with E-state index in [-0.39, 0.29) is 42.2 Å². The van der Waals surface area contributed by atoms with E-state index in [9.17, 15) is 19.5 Å². The number of aliphatic hydroxyl groups is 1. The fourth-order valence-corrected chi connectivity index (χ4v) is 7.98. The molecule has 2 aromatic carbocycles. The minimum Gasteiger partial charge on any atom is -0.395 e. The van der Waals surface area contributed by atoms with Crippen LogP contribution in [-0.2, 0) is 25.7 Å². The van der Waals surface area contributed by atoms with Gasteiger partial charge in [-0.3, -0.25) is 14.4 Å². The third kappa shape index (κ3) is 5.01. The fraction of sp³-hybridized carbons (Fsp3) is 0.424. The van der Waals surface area contributed by atoms with Gasteiger partial charge in [-0.1, -0.05) is 70.5 Å². The molecule has 3 amide bonds. The van der Waals surface area contributed by atoms with Gasteiger partial charge in [0.2, 0.25) is 11.8 Å². The number of rotatable bonds is 11. The lowest BCUT2D eigenvalue weighted by Crippen LogP contribution is -2.57. The number of likely N-dealkylation sites (tertiary alicyclic amines) is 1. The largest absolute Gasteiger partial charge is 0.395 e. The summed E-state index contributed by atoms with van der Waals surface area (Å²) in [6.45, 7) is 12.2. The lowest BCUT2D eigenvalue weighted by Gasteiger charge is -2.37. The maximum atomic E-state index is 14.6. The molecule has 3 aliphatic heterocycles. The Bertz CT molecular complexity index is 1380. The van der Waals surface area contributed by atoms with E-state index >= 15 is 0 Å². The van der Waals surface area contributed by atoms with Crippen molar-refractivity contribution >= 4 is 39.3 Å². The Morgan fingerprint density at radius 1 is 1.12 bits per heavy atom. The summed E-state index contributed by atoms with van der Waals surface area (Å²) >= 11 is 3.74. The van der Waals surface area contributed by atoms with E-state index in [2.05, 4.69) is 29.1 Å². The molecule has 3 fully saturated rings. The molecule has 3 aliphatic rings. The lowest BCUT2D eigenvalue weighted by molar-refractivity contribution is -0.145. The summed E-state index contributed by atoms with van der Waals surface area (Å²) in [5.41, 5.74) is 2.38. The van der Waals surface area contributed by atoms with Crippen molar-refractivity contribution in [2.75, 3.05) is 31.1 Å². The van der Waals surface area contributed by atoms with Gasteiger partial charge >= 0.3 is 0 Å². The average molecular weight is 637 g/mol. The van der Waals surface area contributed by atoms with E-state index in [4.69, 9.17) is 4.74 Å². The Morgan fingerprint density at radius 2 is 1.83 bits per heavy atom. The Kier molecular flexibility index (Phi) is 8.73. The Morgan fingerprint density at radius 3 is 2.50 bits per heavy atom. The van der Waals surface area contributed by atoms with Gasteiger partial charge in [0.05, 0.1) is 24.5 Å². The summed E-state index contributed by atoms with van der Waals surface area (Å²) < 4.78 is 6.67. The third-order valence-electron chi connectivity index (χ3n) is 8.76. The highest BCUT2D eigenvalue weighted by Gasteiger charge is 2.76. The number of aliphatic hydroxyl groups excluding tert-OH is 1. The number of hydrogen-bond acceptors (Lipinski definition) is 5. The second-order valence-electron chi connectivity index (χ2n) is 11.4. The minimum absolute atomic E-state index is 0.0372. The van der Waals surface area contributed by atoms with Crippen LogP contribution in [0.4, 0.5) is 5.69 Å². The van der Waals surface area contributed by atoms with Gasteiger partial charge in [-0.05, 0) is 43.0 Å². The zero-order chi connectivity index (χ0) is 30.2. The first-order valence-corrected chi connectivity index (χ1v) is 15.3. The molecular formula is C33H38BrN3O5. The molecule has 3 unspecified atom stereocenters. The first-order valence-electron chi connectivity index (χ1n) is 14.3. The van der Waals surface area contributed by atoms with E-state index in [0.29, 0.717) is 19.5 Å². The summed E-state index contributed by atoms with van der Waals surface area (Å²) in [4.78, 5) is 47.7. The van der Waals surface area contributed by atoms with Crippen LogP contribution in [-0.4, -0.2) is 81.4 Å². The highest BCUT2D eigenvalue weighted by molar-refractivity contribution is 9.09. The van der Waals surface area contributed by atoms with Crippen molar-refractivity contribution in [3.05, 3.63) is 90.5 Å². The molecule has 222 valence electrons. The Hall–Kier alpha value is -3.27. The smallest absolute Gasteiger partial charge is 0.253 e. The SMILES string of the molecule is C=CCN(Cc1ccccc1)C(=O)[C@H]1[C@@H]2OC3(CC2Br)C(C(=O)N(CC=C)c2cc(C)ccc2C)N(CCO)C(=O)[C@H]13. The maximum absolute atomic E-state index is 14.6. The zero-order valence-electron chi connectivity index (χ0n) is 24.1. The van der Waals surface area contributed by atoms with Gasteiger partial charge in [-0.2, -0.15) is 0 Å². The first kappa shape index (κ1) is 30.2. The van der Waals surface area contributed by atoms with Crippen LogP contribution >= 0.6 is 15.9 Å². The van der Waals surface area contributed by atoms with E-state index in [1.54, 1.807) is 22.0 Å². The van der Waals surface area contributed by atoms with Gasteiger partial charge in [0.15, 0.2) is 0 Å². The maximum Gasteiger partial charge on any atom is 0.253 e. The normalized spacial score (nSPS) is 27.6. The summed E-state index contributed by atoms with van der Waals surface area (Å²) in [5.74, 6) is -2.49. The predicted octanol–water partition coefficient (Wildman–Crippen LogP) is 3.78. The standard InChI is InChI=1S/C33H38BrN3O5/c1-5-14-35(20-23-10-8-7-9-11-23)30(39)26-27-31(40)37(16-17-38)29(33(27)19-24(34)28(26)42-33)32(41)36(15-6-2)25-18-21(3)12-13-22(25)4/h5-13,18,24,26-29,38H,1-2,14-17,19-20H2,3-4H3/t24?,26-,27+,28-,29?,33?/m1/s1. The number of alkyl halides is 1. The second kappa shape index (κ2) is 12.1. The molecule has 2 aromatic rings. The Labute approximate surface area is 255 Å². The van der Waals surface area contributed by atoms with Crippen LogP contribution in [0.1, 0.15) is 23.1 Å². The van der Waals surface area contributed by atoms with Gasteiger partial charge in [-0.15, -0.1) is 13.2 Å². The molecule has 5 rings (SSSR count). The molecule has 0 radical (unpaired) electrons. The lowest BCUT2D eigenvalue weighted by atomic mass is 9.70. The number of carbonyl (C=O) groups is 3. The molecule has 8 nitrogen and oxygen atoms in total. The molecule has 42 heavy (non-hydrogen) atoms. The predicted molar refractivity (Wildman–Crippen MR) is 165 cm³/mol. The number of fused-ring (bicyclic) bond motifs is 1. The van der Waals surface area contributed by atoms with Crippen LogP contribution in [0, 0.1) is 25.7 Å². The van der Waals surface area contributed by atoms with E-state index in [1.807, 2.05) is 62.4 Å². The van der Waals surface area contributed by atoms with E-state index in [1.165, 1.54) is 4.90 Å². The monoisotopic (exact) mass is 635 g/mol. The Balaban J connectivity index is 1.55. The number of carbonyl (C=O) groups excluding carboxylic acids is 3. The molecule has 1 N–H and O–H groups in total. The van der Waals surface area contributed by atoms with Crippen LogP contribution in [0.3, 0.4) is 0 Å². The number of halogens is 1. The van der Waals surface area contributed by atoms with Gasteiger partial charge in [0.1, 0.15) is 11.6 Å². The molecule has 1 spiro atoms.